The molecule has 0 radical (unpaired) electrons. The quantitative estimate of drug-likeness (QED) is 0.730. The standard InChI is InChI=1S/C14H29N3O.2ClH/c1-16(2)13-8-7-11-17(12-13)14(18)9-5-3-4-6-10-15;;/h13H,3-12,15H2,1-2H3;2*1H. The minimum atomic E-state index is 0. The fourth-order valence-electron chi connectivity index (χ4n) is 2.53. The van der Waals surface area contributed by atoms with E-state index in [4.69, 9.17) is 5.73 Å². The zero-order valence-electron chi connectivity index (χ0n) is 12.8. The minimum Gasteiger partial charge on any atom is -0.341 e. The number of nitrogens with zero attached hydrogens (tertiary/aromatic N) is 2. The van der Waals surface area contributed by atoms with Crippen molar-refractivity contribution >= 4 is 30.7 Å². The molecule has 4 nitrogen and oxygen atoms in total. The van der Waals surface area contributed by atoms with E-state index in [1.165, 1.54) is 6.42 Å². The van der Waals surface area contributed by atoms with E-state index in [0.29, 0.717) is 18.4 Å². The molecule has 122 valence electrons. The third-order valence-electron chi connectivity index (χ3n) is 3.82. The molecule has 1 aliphatic heterocycles. The lowest BCUT2D eigenvalue weighted by Gasteiger charge is -2.36. The number of likely N-dealkylation sites (N-methyl/N-ethyl adjacent to an activating group) is 1. The average molecular weight is 328 g/mol. The van der Waals surface area contributed by atoms with E-state index in [1.54, 1.807) is 0 Å². The van der Waals surface area contributed by atoms with Crippen molar-refractivity contribution in [2.75, 3.05) is 33.7 Å². The molecule has 2 N–H and O–H groups in total. The largest absolute Gasteiger partial charge is 0.341 e. The fourth-order valence-corrected chi connectivity index (χ4v) is 2.53. The second-order valence-electron chi connectivity index (χ2n) is 5.55. The van der Waals surface area contributed by atoms with Crippen LogP contribution in [0.5, 0.6) is 0 Å². The molecule has 0 aromatic heterocycles. The Bertz CT molecular complexity index is 253. The van der Waals surface area contributed by atoms with Crippen molar-refractivity contribution in [3.63, 3.8) is 0 Å². The van der Waals surface area contributed by atoms with Crippen LogP contribution in [-0.2, 0) is 4.79 Å². The summed E-state index contributed by atoms with van der Waals surface area (Å²) in [6.07, 6.45) is 7.46. The van der Waals surface area contributed by atoms with Crippen molar-refractivity contribution in [2.24, 2.45) is 5.73 Å². The Labute approximate surface area is 136 Å². The van der Waals surface area contributed by atoms with E-state index in [0.717, 1.165) is 51.7 Å². The van der Waals surface area contributed by atoms with Gasteiger partial charge in [-0.2, -0.15) is 0 Å². The molecule has 1 heterocycles. The summed E-state index contributed by atoms with van der Waals surface area (Å²) in [6.45, 7) is 2.63. The molecule has 1 rings (SSSR count). The maximum absolute atomic E-state index is 12.1. The van der Waals surface area contributed by atoms with E-state index in [2.05, 4.69) is 23.9 Å². The Morgan fingerprint density at radius 2 is 1.85 bits per heavy atom. The van der Waals surface area contributed by atoms with Gasteiger partial charge in [-0.3, -0.25) is 4.79 Å². The van der Waals surface area contributed by atoms with Crippen LogP contribution in [0.15, 0.2) is 0 Å². The summed E-state index contributed by atoms with van der Waals surface area (Å²) in [6, 6.07) is 0.542. The fraction of sp³-hybridized carbons (Fsp3) is 0.929. The number of hydrogen-bond donors (Lipinski definition) is 1. The predicted molar refractivity (Wildman–Crippen MR) is 89.9 cm³/mol. The van der Waals surface area contributed by atoms with E-state index >= 15 is 0 Å². The molecule has 6 heteroatoms. The van der Waals surface area contributed by atoms with Crippen molar-refractivity contribution in [3.8, 4) is 0 Å². The molecule has 1 unspecified atom stereocenters. The molecule has 1 atom stereocenters. The number of rotatable bonds is 7. The lowest BCUT2D eigenvalue weighted by molar-refractivity contribution is -0.133. The topological polar surface area (TPSA) is 49.6 Å². The molecule has 0 spiro atoms. The lowest BCUT2D eigenvalue weighted by atomic mass is 10.0. The molecule has 0 aliphatic carbocycles. The van der Waals surface area contributed by atoms with Gasteiger partial charge in [0, 0.05) is 25.6 Å². The van der Waals surface area contributed by atoms with Crippen LogP contribution in [0, 0.1) is 0 Å². The second kappa shape index (κ2) is 12.7. The summed E-state index contributed by atoms with van der Waals surface area (Å²) >= 11 is 0. The molecule has 0 bridgehead atoms. The molecule has 1 fully saturated rings. The van der Waals surface area contributed by atoms with Gasteiger partial charge in [0.15, 0.2) is 0 Å². The van der Waals surface area contributed by atoms with Gasteiger partial charge in [-0.25, -0.2) is 0 Å². The normalized spacial score (nSPS) is 18.4. The number of halogens is 2. The van der Waals surface area contributed by atoms with Crippen molar-refractivity contribution in [1.82, 2.24) is 9.80 Å². The van der Waals surface area contributed by atoms with Gasteiger partial charge in [0.25, 0.3) is 0 Å². The minimum absolute atomic E-state index is 0. The molecule has 1 amide bonds. The summed E-state index contributed by atoms with van der Waals surface area (Å²) in [4.78, 5) is 16.4. The Morgan fingerprint density at radius 1 is 1.20 bits per heavy atom. The van der Waals surface area contributed by atoms with E-state index in [-0.39, 0.29) is 24.8 Å². The van der Waals surface area contributed by atoms with Crippen molar-refractivity contribution in [2.45, 2.75) is 51.0 Å². The van der Waals surface area contributed by atoms with E-state index in [1.807, 2.05) is 0 Å². The van der Waals surface area contributed by atoms with Gasteiger partial charge in [-0.05, 0) is 46.3 Å². The van der Waals surface area contributed by atoms with Gasteiger partial charge in [0.1, 0.15) is 0 Å². The molecule has 20 heavy (non-hydrogen) atoms. The molecule has 1 aliphatic rings. The first-order chi connectivity index (χ1) is 8.65. The smallest absolute Gasteiger partial charge is 0.222 e. The summed E-state index contributed by atoms with van der Waals surface area (Å²) < 4.78 is 0. The van der Waals surface area contributed by atoms with Gasteiger partial charge in [-0.15, -0.1) is 24.8 Å². The monoisotopic (exact) mass is 327 g/mol. The van der Waals surface area contributed by atoms with Crippen molar-refractivity contribution < 1.29 is 4.79 Å². The van der Waals surface area contributed by atoms with Crippen LogP contribution in [0.1, 0.15) is 44.9 Å². The Balaban J connectivity index is 0. The highest BCUT2D eigenvalue weighted by molar-refractivity contribution is 5.85. The number of nitrogens with two attached hydrogens (primary N) is 1. The zero-order valence-corrected chi connectivity index (χ0v) is 14.5. The Hall–Kier alpha value is -0.0300. The summed E-state index contributed by atoms with van der Waals surface area (Å²) in [5, 5.41) is 0. The summed E-state index contributed by atoms with van der Waals surface area (Å²) in [5.41, 5.74) is 5.45. The van der Waals surface area contributed by atoms with E-state index < -0.39 is 0 Å². The predicted octanol–water partition coefficient (Wildman–Crippen LogP) is 2.29. The average Bonchev–Trinajstić information content (AvgIpc) is 2.38. The number of hydrogen-bond acceptors (Lipinski definition) is 3. The Kier molecular flexibility index (Phi) is 14.1. The van der Waals surface area contributed by atoms with Crippen LogP contribution in [-0.4, -0.2) is 55.5 Å². The zero-order chi connectivity index (χ0) is 13.4. The third kappa shape index (κ3) is 8.30. The highest BCUT2D eigenvalue weighted by atomic mass is 35.5. The first-order valence-electron chi connectivity index (χ1n) is 7.29. The van der Waals surface area contributed by atoms with Crippen molar-refractivity contribution in [3.05, 3.63) is 0 Å². The molecule has 0 aromatic carbocycles. The summed E-state index contributed by atoms with van der Waals surface area (Å²) in [7, 11) is 4.21. The van der Waals surface area contributed by atoms with E-state index in [9.17, 15) is 4.79 Å². The van der Waals surface area contributed by atoms with Gasteiger partial charge in [-0.1, -0.05) is 12.8 Å². The lowest BCUT2D eigenvalue weighted by Crippen LogP contribution is -2.47. The molecular formula is C14H31Cl2N3O. The molecule has 1 saturated heterocycles. The molecular weight excluding hydrogens is 297 g/mol. The summed E-state index contributed by atoms with van der Waals surface area (Å²) in [5.74, 6) is 0.342. The first-order valence-corrected chi connectivity index (χ1v) is 7.29. The number of unbranched alkanes of at least 4 members (excludes halogenated alkanes) is 3. The van der Waals surface area contributed by atoms with Crippen LogP contribution in [0.3, 0.4) is 0 Å². The van der Waals surface area contributed by atoms with Crippen LogP contribution >= 0.6 is 24.8 Å². The van der Waals surface area contributed by atoms with Crippen LogP contribution < -0.4 is 5.73 Å². The molecule has 0 saturated carbocycles. The third-order valence-corrected chi connectivity index (χ3v) is 3.82. The van der Waals surface area contributed by atoms with Crippen molar-refractivity contribution in [1.29, 1.82) is 0 Å². The number of carbonyl (C=O) groups is 1. The number of carbonyl (C=O) groups excluding carboxylic acids is 1. The number of amides is 1. The SMILES string of the molecule is CN(C)C1CCCN(C(=O)CCCCCCN)C1.Cl.Cl. The van der Waals surface area contributed by atoms with Gasteiger partial charge < -0.3 is 15.5 Å². The van der Waals surface area contributed by atoms with Gasteiger partial charge >= 0.3 is 0 Å². The van der Waals surface area contributed by atoms with Crippen LogP contribution in [0.25, 0.3) is 0 Å². The highest BCUT2D eigenvalue weighted by Crippen LogP contribution is 2.15. The highest BCUT2D eigenvalue weighted by Gasteiger charge is 2.24. The van der Waals surface area contributed by atoms with Crippen LogP contribution in [0.4, 0.5) is 0 Å². The molecule has 0 aromatic rings. The number of piperidine rings is 1. The van der Waals surface area contributed by atoms with Gasteiger partial charge in [0.2, 0.25) is 5.91 Å². The van der Waals surface area contributed by atoms with Gasteiger partial charge in [0.05, 0.1) is 0 Å². The number of likely N-dealkylation sites (tertiary alicyclic amines) is 1. The maximum atomic E-state index is 12.1. The van der Waals surface area contributed by atoms with Crippen LogP contribution in [0.2, 0.25) is 0 Å². The Morgan fingerprint density at radius 3 is 2.45 bits per heavy atom. The maximum Gasteiger partial charge on any atom is 0.222 e. The first kappa shape index (κ1) is 22.3. The second-order valence-corrected chi connectivity index (χ2v) is 5.55.